The van der Waals surface area contributed by atoms with Crippen molar-refractivity contribution in [3.05, 3.63) is 69.1 Å². The van der Waals surface area contributed by atoms with E-state index in [9.17, 15) is 4.79 Å². The first-order valence-electron chi connectivity index (χ1n) is 7.49. The Hall–Kier alpha value is -1.87. The van der Waals surface area contributed by atoms with E-state index in [2.05, 4.69) is 13.8 Å². The third-order valence-corrected chi connectivity index (χ3v) is 4.15. The molecule has 1 heterocycles. The summed E-state index contributed by atoms with van der Waals surface area (Å²) < 4.78 is 1.85. The van der Waals surface area contributed by atoms with Gasteiger partial charge in [0.05, 0.1) is 6.04 Å². The number of benzene rings is 1. The summed E-state index contributed by atoms with van der Waals surface area (Å²) in [5.74, 6) is 0. The summed E-state index contributed by atoms with van der Waals surface area (Å²) in [7, 11) is 0. The largest absolute Gasteiger partial charge is 0.320 e. The van der Waals surface area contributed by atoms with Gasteiger partial charge in [0, 0.05) is 17.3 Å². The first-order valence-corrected chi connectivity index (χ1v) is 7.49. The molecule has 3 nitrogen and oxygen atoms in total. The van der Waals surface area contributed by atoms with E-state index in [0.29, 0.717) is 5.56 Å². The molecule has 112 valence electrons. The van der Waals surface area contributed by atoms with E-state index in [-0.39, 0.29) is 17.6 Å². The number of rotatable bonds is 4. The maximum atomic E-state index is 12.8. The predicted octanol–water partition coefficient (Wildman–Crippen LogP) is 3.48. The van der Waals surface area contributed by atoms with Gasteiger partial charge in [-0.1, -0.05) is 36.8 Å². The second kappa shape index (κ2) is 6.27. The van der Waals surface area contributed by atoms with Crippen LogP contribution in [-0.2, 0) is 0 Å². The van der Waals surface area contributed by atoms with Crippen molar-refractivity contribution < 1.29 is 0 Å². The molecule has 0 saturated heterocycles. The van der Waals surface area contributed by atoms with E-state index < -0.39 is 0 Å². The van der Waals surface area contributed by atoms with Gasteiger partial charge < -0.3 is 10.3 Å². The zero-order valence-corrected chi connectivity index (χ0v) is 13.3. The van der Waals surface area contributed by atoms with E-state index in [1.54, 1.807) is 0 Å². The number of nitrogens with zero attached hydrogens (tertiary/aromatic N) is 1. The van der Waals surface area contributed by atoms with Crippen molar-refractivity contribution in [3.63, 3.8) is 0 Å². The highest BCUT2D eigenvalue weighted by Crippen LogP contribution is 2.19. The topological polar surface area (TPSA) is 48.0 Å². The predicted molar refractivity (Wildman–Crippen MR) is 87.7 cm³/mol. The van der Waals surface area contributed by atoms with Crippen LogP contribution in [0.4, 0.5) is 0 Å². The van der Waals surface area contributed by atoms with Crippen LogP contribution in [0.1, 0.15) is 54.7 Å². The minimum Gasteiger partial charge on any atom is -0.320 e. The minimum absolute atomic E-state index is 0.0254. The standard InChI is InChI=1S/C18H24N2O/c1-5-13(3)20-14(4)8-11-16(18(20)21)17(19)15-9-6-12(2)7-10-15/h6-11,13,17H,5,19H2,1-4H3. The van der Waals surface area contributed by atoms with Crippen molar-refractivity contribution in [1.82, 2.24) is 4.57 Å². The Balaban J connectivity index is 2.49. The summed E-state index contributed by atoms with van der Waals surface area (Å²) in [4.78, 5) is 12.8. The third-order valence-electron chi connectivity index (χ3n) is 4.15. The lowest BCUT2D eigenvalue weighted by Crippen LogP contribution is -2.31. The molecule has 1 aromatic heterocycles. The molecule has 2 aromatic rings. The lowest BCUT2D eigenvalue weighted by molar-refractivity contribution is 0.497. The van der Waals surface area contributed by atoms with Gasteiger partial charge in [0.2, 0.25) is 0 Å². The van der Waals surface area contributed by atoms with Gasteiger partial charge in [-0.3, -0.25) is 4.79 Å². The molecule has 21 heavy (non-hydrogen) atoms. The summed E-state index contributed by atoms with van der Waals surface area (Å²) in [6, 6.07) is 11.7. The Kier molecular flexibility index (Phi) is 4.63. The van der Waals surface area contributed by atoms with Gasteiger partial charge in [-0.2, -0.15) is 0 Å². The average molecular weight is 284 g/mol. The molecule has 0 aliphatic heterocycles. The molecule has 0 saturated carbocycles. The second-order valence-electron chi connectivity index (χ2n) is 5.75. The van der Waals surface area contributed by atoms with E-state index in [1.807, 2.05) is 54.8 Å². The van der Waals surface area contributed by atoms with Crippen molar-refractivity contribution in [2.75, 3.05) is 0 Å². The average Bonchev–Trinajstić information content (AvgIpc) is 2.47. The minimum atomic E-state index is -0.381. The molecule has 2 unspecified atom stereocenters. The molecule has 0 aliphatic rings. The molecule has 3 heteroatoms. The monoisotopic (exact) mass is 284 g/mol. The summed E-state index contributed by atoms with van der Waals surface area (Å²) >= 11 is 0. The molecule has 1 aromatic carbocycles. The molecule has 0 amide bonds. The number of hydrogen-bond acceptors (Lipinski definition) is 2. The molecule has 2 rings (SSSR count). The van der Waals surface area contributed by atoms with Crippen LogP contribution in [0, 0.1) is 13.8 Å². The Morgan fingerprint density at radius 2 is 1.71 bits per heavy atom. The highest BCUT2D eigenvalue weighted by Gasteiger charge is 2.17. The maximum Gasteiger partial charge on any atom is 0.256 e. The van der Waals surface area contributed by atoms with Gasteiger partial charge in [0.1, 0.15) is 0 Å². The van der Waals surface area contributed by atoms with Crippen LogP contribution in [-0.4, -0.2) is 4.57 Å². The van der Waals surface area contributed by atoms with Crippen LogP contribution in [0.2, 0.25) is 0 Å². The number of aryl methyl sites for hydroxylation is 2. The van der Waals surface area contributed by atoms with Gasteiger partial charge >= 0.3 is 0 Å². The van der Waals surface area contributed by atoms with Crippen LogP contribution in [0.5, 0.6) is 0 Å². The zero-order chi connectivity index (χ0) is 15.6. The highest BCUT2D eigenvalue weighted by atomic mass is 16.1. The quantitative estimate of drug-likeness (QED) is 0.934. The molecular weight excluding hydrogens is 260 g/mol. The summed E-state index contributed by atoms with van der Waals surface area (Å²) in [5.41, 5.74) is 10.1. The van der Waals surface area contributed by atoms with Crippen LogP contribution in [0.3, 0.4) is 0 Å². The summed E-state index contributed by atoms with van der Waals surface area (Å²) in [6.45, 7) is 8.16. The van der Waals surface area contributed by atoms with Crippen molar-refractivity contribution in [2.24, 2.45) is 5.73 Å². The van der Waals surface area contributed by atoms with Crippen molar-refractivity contribution in [3.8, 4) is 0 Å². The molecule has 2 atom stereocenters. The molecule has 0 bridgehead atoms. The fourth-order valence-electron chi connectivity index (χ4n) is 2.58. The lowest BCUT2D eigenvalue weighted by Gasteiger charge is -2.20. The summed E-state index contributed by atoms with van der Waals surface area (Å²) in [6.07, 6.45) is 0.921. The molecule has 0 radical (unpaired) electrons. The molecule has 0 fully saturated rings. The van der Waals surface area contributed by atoms with Gasteiger partial charge in [0.15, 0.2) is 0 Å². The smallest absolute Gasteiger partial charge is 0.256 e. The van der Waals surface area contributed by atoms with Crippen LogP contribution >= 0.6 is 0 Å². The maximum absolute atomic E-state index is 12.8. The Labute approximate surface area is 126 Å². The molecule has 0 spiro atoms. The lowest BCUT2D eigenvalue weighted by atomic mass is 9.99. The second-order valence-corrected chi connectivity index (χ2v) is 5.75. The number of aromatic nitrogens is 1. The SMILES string of the molecule is CCC(C)n1c(C)ccc(C(N)c2ccc(C)cc2)c1=O. The van der Waals surface area contributed by atoms with Crippen LogP contribution < -0.4 is 11.3 Å². The molecular formula is C18H24N2O. The zero-order valence-electron chi connectivity index (χ0n) is 13.3. The Morgan fingerprint density at radius 1 is 1.10 bits per heavy atom. The Bertz CT molecular complexity index is 671. The van der Waals surface area contributed by atoms with Gasteiger partial charge in [-0.05, 0) is 44.9 Å². The van der Waals surface area contributed by atoms with E-state index in [1.165, 1.54) is 5.56 Å². The Morgan fingerprint density at radius 3 is 2.29 bits per heavy atom. The molecule has 0 aliphatic carbocycles. The molecule has 2 N–H and O–H groups in total. The van der Waals surface area contributed by atoms with Crippen LogP contribution in [0.25, 0.3) is 0 Å². The highest BCUT2D eigenvalue weighted by molar-refractivity contribution is 5.32. The third kappa shape index (κ3) is 3.08. The normalized spacial score (nSPS) is 14.0. The van der Waals surface area contributed by atoms with Gasteiger partial charge in [-0.15, -0.1) is 0 Å². The summed E-state index contributed by atoms with van der Waals surface area (Å²) in [5, 5.41) is 0. The van der Waals surface area contributed by atoms with Crippen molar-refractivity contribution in [1.29, 1.82) is 0 Å². The van der Waals surface area contributed by atoms with Crippen molar-refractivity contribution >= 4 is 0 Å². The van der Waals surface area contributed by atoms with E-state index >= 15 is 0 Å². The van der Waals surface area contributed by atoms with Crippen LogP contribution in [0.15, 0.2) is 41.2 Å². The number of pyridine rings is 1. The van der Waals surface area contributed by atoms with Gasteiger partial charge in [0.25, 0.3) is 5.56 Å². The van der Waals surface area contributed by atoms with E-state index in [4.69, 9.17) is 5.73 Å². The number of nitrogens with two attached hydrogens (primary N) is 1. The van der Waals surface area contributed by atoms with Gasteiger partial charge in [-0.25, -0.2) is 0 Å². The first-order chi connectivity index (χ1) is 9.95. The van der Waals surface area contributed by atoms with Crippen molar-refractivity contribution in [2.45, 2.75) is 46.2 Å². The van der Waals surface area contributed by atoms with E-state index in [0.717, 1.165) is 17.7 Å². The number of hydrogen-bond donors (Lipinski definition) is 1. The first kappa shape index (κ1) is 15.5. The fraction of sp³-hybridized carbons (Fsp3) is 0.389. The fourth-order valence-corrected chi connectivity index (χ4v) is 2.58.